The van der Waals surface area contributed by atoms with Crippen LogP contribution < -0.4 is 5.43 Å². The summed E-state index contributed by atoms with van der Waals surface area (Å²) in [4.78, 5) is 0. The number of piperidine rings is 1. The summed E-state index contributed by atoms with van der Waals surface area (Å²) >= 11 is 0. The molecular weight excluding hydrogens is 204 g/mol. The van der Waals surface area contributed by atoms with Crippen LogP contribution in [0.25, 0.3) is 0 Å². The van der Waals surface area contributed by atoms with Crippen LogP contribution in [0.5, 0.6) is 0 Å². The summed E-state index contributed by atoms with van der Waals surface area (Å²) < 4.78 is 5.33. The van der Waals surface area contributed by atoms with Crippen molar-refractivity contribution in [2.75, 3.05) is 0 Å². The van der Waals surface area contributed by atoms with Crippen molar-refractivity contribution in [1.29, 1.82) is 0 Å². The molecule has 2 unspecified atom stereocenters. The SMILES string of the molecule is Cc1nnc(CNN2C(C)CCCC2C)o1. The van der Waals surface area contributed by atoms with E-state index in [1.165, 1.54) is 19.3 Å². The average molecular weight is 224 g/mol. The van der Waals surface area contributed by atoms with Crippen LogP contribution in [0.15, 0.2) is 4.42 Å². The van der Waals surface area contributed by atoms with Crippen molar-refractivity contribution in [3.63, 3.8) is 0 Å². The second-order valence-electron chi connectivity index (χ2n) is 4.59. The lowest BCUT2D eigenvalue weighted by Crippen LogP contribution is -2.51. The van der Waals surface area contributed by atoms with Gasteiger partial charge in [-0.1, -0.05) is 6.42 Å². The third-order valence-electron chi connectivity index (χ3n) is 3.17. The second-order valence-corrected chi connectivity index (χ2v) is 4.59. The van der Waals surface area contributed by atoms with E-state index in [0.717, 1.165) is 0 Å². The van der Waals surface area contributed by atoms with E-state index in [9.17, 15) is 0 Å². The number of hydrazine groups is 1. The summed E-state index contributed by atoms with van der Waals surface area (Å²) in [5, 5.41) is 10.1. The topological polar surface area (TPSA) is 54.2 Å². The Kier molecular flexibility index (Phi) is 3.56. The molecule has 2 rings (SSSR count). The van der Waals surface area contributed by atoms with Gasteiger partial charge in [0.05, 0.1) is 6.54 Å². The largest absolute Gasteiger partial charge is 0.424 e. The first kappa shape index (κ1) is 11.5. The Labute approximate surface area is 96.2 Å². The molecule has 1 saturated heterocycles. The van der Waals surface area contributed by atoms with Crippen molar-refractivity contribution in [3.05, 3.63) is 11.8 Å². The number of nitrogens with zero attached hydrogens (tertiary/aromatic N) is 3. The molecule has 0 aliphatic carbocycles. The van der Waals surface area contributed by atoms with Crippen LogP contribution in [0.4, 0.5) is 0 Å². The van der Waals surface area contributed by atoms with Crippen LogP contribution in [-0.2, 0) is 6.54 Å². The van der Waals surface area contributed by atoms with Gasteiger partial charge in [-0.15, -0.1) is 10.2 Å². The minimum atomic E-state index is 0.577. The predicted molar refractivity (Wildman–Crippen MR) is 60.5 cm³/mol. The van der Waals surface area contributed by atoms with Gasteiger partial charge >= 0.3 is 0 Å². The lowest BCUT2D eigenvalue weighted by Gasteiger charge is -2.38. The number of nitrogens with one attached hydrogen (secondary N) is 1. The van der Waals surface area contributed by atoms with E-state index in [1.54, 1.807) is 0 Å². The molecule has 5 nitrogen and oxygen atoms in total. The van der Waals surface area contributed by atoms with E-state index < -0.39 is 0 Å². The highest BCUT2D eigenvalue weighted by Crippen LogP contribution is 2.20. The maximum Gasteiger partial charge on any atom is 0.231 e. The third-order valence-corrected chi connectivity index (χ3v) is 3.17. The van der Waals surface area contributed by atoms with Gasteiger partial charge in [0.15, 0.2) is 0 Å². The molecule has 0 bridgehead atoms. The number of hydrogen-bond acceptors (Lipinski definition) is 5. The van der Waals surface area contributed by atoms with Crippen LogP contribution in [0.3, 0.4) is 0 Å². The van der Waals surface area contributed by atoms with E-state index >= 15 is 0 Å². The van der Waals surface area contributed by atoms with Gasteiger partial charge < -0.3 is 4.42 Å². The molecule has 1 N–H and O–H groups in total. The first-order valence-electron chi connectivity index (χ1n) is 5.97. The molecule has 90 valence electrons. The van der Waals surface area contributed by atoms with Gasteiger partial charge in [-0.05, 0) is 26.7 Å². The Balaban J connectivity index is 1.88. The number of hydrogen-bond donors (Lipinski definition) is 1. The van der Waals surface area contributed by atoms with E-state index in [2.05, 4.69) is 34.5 Å². The Bertz CT molecular complexity index is 328. The van der Waals surface area contributed by atoms with E-state index in [0.29, 0.717) is 30.4 Å². The Hall–Kier alpha value is -0.940. The average Bonchev–Trinajstić information content (AvgIpc) is 2.63. The molecule has 0 radical (unpaired) electrons. The van der Waals surface area contributed by atoms with Crippen LogP contribution in [0.1, 0.15) is 44.9 Å². The van der Waals surface area contributed by atoms with Crippen molar-refractivity contribution in [2.45, 2.75) is 58.7 Å². The first-order chi connectivity index (χ1) is 7.66. The van der Waals surface area contributed by atoms with Crippen molar-refractivity contribution >= 4 is 0 Å². The number of aromatic nitrogens is 2. The number of aryl methyl sites for hydroxylation is 1. The molecule has 0 amide bonds. The second kappa shape index (κ2) is 4.93. The zero-order valence-corrected chi connectivity index (χ0v) is 10.2. The van der Waals surface area contributed by atoms with Crippen molar-refractivity contribution in [2.24, 2.45) is 0 Å². The molecule has 0 saturated carbocycles. The summed E-state index contributed by atoms with van der Waals surface area (Å²) in [5.41, 5.74) is 3.39. The molecule has 1 aromatic rings. The lowest BCUT2D eigenvalue weighted by atomic mass is 10.00. The van der Waals surface area contributed by atoms with Crippen molar-refractivity contribution in [1.82, 2.24) is 20.6 Å². The summed E-state index contributed by atoms with van der Waals surface area (Å²) in [6, 6.07) is 1.15. The highest BCUT2D eigenvalue weighted by atomic mass is 16.4. The molecular formula is C11H20N4O. The predicted octanol–water partition coefficient (Wildman–Crippen LogP) is 1.65. The molecule has 1 aliphatic rings. The Morgan fingerprint density at radius 1 is 1.31 bits per heavy atom. The van der Waals surface area contributed by atoms with Gasteiger partial charge in [0, 0.05) is 19.0 Å². The third kappa shape index (κ3) is 2.59. The van der Waals surface area contributed by atoms with E-state index in [1.807, 2.05) is 6.92 Å². The van der Waals surface area contributed by atoms with Crippen LogP contribution in [0.2, 0.25) is 0 Å². The first-order valence-corrected chi connectivity index (χ1v) is 5.97. The summed E-state index contributed by atoms with van der Waals surface area (Å²) in [5.74, 6) is 1.28. The monoisotopic (exact) mass is 224 g/mol. The van der Waals surface area contributed by atoms with Gasteiger partial charge in [-0.2, -0.15) is 0 Å². The molecule has 2 heterocycles. The highest BCUT2D eigenvalue weighted by molar-refractivity contribution is 4.81. The molecule has 5 heteroatoms. The Morgan fingerprint density at radius 3 is 2.56 bits per heavy atom. The minimum absolute atomic E-state index is 0.577. The molecule has 2 atom stereocenters. The molecule has 1 fully saturated rings. The molecule has 0 aromatic carbocycles. The van der Waals surface area contributed by atoms with Crippen LogP contribution in [0, 0.1) is 6.92 Å². The van der Waals surface area contributed by atoms with Gasteiger partial charge in [0.25, 0.3) is 0 Å². The maximum absolute atomic E-state index is 5.33. The fourth-order valence-corrected chi connectivity index (χ4v) is 2.30. The molecule has 0 spiro atoms. The highest BCUT2D eigenvalue weighted by Gasteiger charge is 2.24. The van der Waals surface area contributed by atoms with Gasteiger partial charge in [-0.25, -0.2) is 10.4 Å². The van der Waals surface area contributed by atoms with Gasteiger partial charge in [0.1, 0.15) is 0 Å². The molecule has 16 heavy (non-hydrogen) atoms. The maximum atomic E-state index is 5.33. The fourth-order valence-electron chi connectivity index (χ4n) is 2.30. The lowest BCUT2D eigenvalue weighted by molar-refractivity contribution is 0.0404. The summed E-state index contributed by atoms with van der Waals surface area (Å²) in [7, 11) is 0. The minimum Gasteiger partial charge on any atom is -0.424 e. The normalized spacial score (nSPS) is 27.2. The standard InChI is InChI=1S/C11H20N4O/c1-8-5-4-6-9(2)15(8)12-7-11-14-13-10(3)16-11/h8-9,12H,4-7H2,1-3H3. The van der Waals surface area contributed by atoms with Crippen molar-refractivity contribution < 1.29 is 4.42 Å². The van der Waals surface area contributed by atoms with Gasteiger partial charge in [-0.3, -0.25) is 0 Å². The summed E-state index contributed by atoms with van der Waals surface area (Å²) in [6.45, 7) is 6.93. The van der Waals surface area contributed by atoms with E-state index in [4.69, 9.17) is 4.42 Å². The zero-order valence-electron chi connectivity index (χ0n) is 10.2. The number of rotatable bonds is 3. The van der Waals surface area contributed by atoms with Crippen molar-refractivity contribution in [3.8, 4) is 0 Å². The quantitative estimate of drug-likeness (QED) is 0.846. The van der Waals surface area contributed by atoms with E-state index in [-0.39, 0.29) is 0 Å². The Morgan fingerprint density at radius 2 is 2.00 bits per heavy atom. The van der Waals surface area contributed by atoms with Crippen LogP contribution >= 0.6 is 0 Å². The fraction of sp³-hybridized carbons (Fsp3) is 0.818. The zero-order chi connectivity index (χ0) is 11.5. The van der Waals surface area contributed by atoms with Gasteiger partial charge in [0.2, 0.25) is 11.8 Å². The van der Waals surface area contributed by atoms with Crippen LogP contribution in [-0.4, -0.2) is 27.3 Å². The molecule has 1 aliphatic heterocycles. The smallest absolute Gasteiger partial charge is 0.231 e. The summed E-state index contributed by atoms with van der Waals surface area (Å²) in [6.07, 6.45) is 3.82. The molecule has 1 aromatic heterocycles.